The lowest BCUT2D eigenvalue weighted by Crippen LogP contribution is -2.33. The summed E-state index contributed by atoms with van der Waals surface area (Å²) in [6.07, 6.45) is -0.100. The van der Waals surface area contributed by atoms with Gasteiger partial charge in [-0.05, 0) is 49.2 Å². The van der Waals surface area contributed by atoms with Crippen LogP contribution >= 0.6 is 0 Å². The normalized spacial score (nSPS) is 13.6. The first-order valence-corrected chi connectivity index (χ1v) is 11.9. The number of nitrogens with zero attached hydrogens (tertiary/aromatic N) is 2. The molecule has 0 saturated carbocycles. The summed E-state index contributed by atoms with van der Waals surface area (Å²) < 4.78 is 27.2. The Labute approximate surface area is 188 Å². The van der Waals surface area contributed by atoms with Gasteiger partial charge in [0.05, 0.1) is 16.0 Å². The molecule has 0 spiro atoms. The lowest BCUT2D eigenvalue weighted by Gasteiger charge is -2.20. The van der Waals surface area contributed by atoms with Gasteiger partial charge < -0.3 is 5.32 Å². The van der Waals surface area contributed by atoms with Crippen molar-refractivity contribution >= 4 is 33.4 Å². The first-order valence-electron chi connectivity index (χ1n) is 10.5. The Balaban J connectivity index is 1.75. The van der Waals surface area contributed by atoms with E-state index in [-0.39, 0.29) is 17.9 Å². The minimum absolute atomic E-state index is 0.0619. The molecule has 0 unspecified atom stereocenters. The molecule has 9 heteroatoms. The van der Waals surface area contributed by atoms with Crippen LogP contribution in [0.5, 0.6) is 0 Å². The Morgan fingerprint density at radius 1 is 1.00 bits per heavy atom. The average molecular weight is 458 g/mol. The number of carbonyl (C=O) groups excluding carboxylic acids is 3. The van der Waals surface area contributed by atoms with Gasteiger partial charge in [0.15, 0.2) is 0 Å². The highest BCUT2D eigenvalue weighted by Crippen LogP contribution is 2.27. The number of amides is 3. The van der Waals surface area contributed by atoms with Gasteiger partial charge in [0.2, 0.25) is 15.9 Å². The number of rotatable bonds is 8. The summed E-state index contributed by atoms with van der Waals surface area (Å²) in [7, 11) is -3.68. The summed E-state index contributed by atoms with van der Waals surface area (Å²) in [5.74, 6) is -1.25. The third kappa shape index (κ3) is 4.31. The molecule has 8 nitrogen and oxygen atoms in total. The maximum absolute atomic E-state index is 12.9. The quantitative estimate of drug-likeness (QED) is 0.614. The van der Waals surface area contributed by atoms with Crippen LogP contribution in [-0.2, 0) is 14.8 Å². The molecule has 0 saturated heterocycles. The van der Waals surface area contributed by atoms with Crippen molar-refractivity contribution in [2.24, 2.45) is 0 Å². The Morgan fingerprint density at radius 2 is 1.56 bits per heavy atom. The second kappa shape index (κ2) is 9.22. The van der Waals surface area contributed by atoms with Gasteiger partial charge in [0.25, 0.3) is 11.8 Å². The third-order valence-electron chi connectivity index (χ3n) is 5.70. The van der Waals surface area contributed by atoms with E-state index in [1.807, 2.05) is 0 Å². The van der Waals surface area contributed by atoms with Gasteiger partial charge in [-0.25, -0.2) is 8.42 Å². The largest absolute Gasteiger partial charge is 0.326 e. The summed E-state index contributed by atoms with van der Waals surface area (Å²) in [6, 6.07) is 9.59. The van der Waals surface area contributed by atoms with Crippen LogP contribution in [0.3, 0.4) is 0 Å². The molecule has 2 aromatic rings. The molecule has 2 aromatic carbocycles. The van der Waals surface area contributed by atoms with E-state index in [1.165, 1.54) is 10.4 Å². The number of anilines is 1. The predicted molar refractivity (Wildman–Crippen MR) is 121 cm³/mol. The number of imide groups is 1. The van der Waals surface area contributed by atoms with Gasteiger partial charge in [0.1, 0.15) is 0 Å². The molecule has 0 aromatic heterocycles. The smallest absolute Gasteiger partial charge is 0.261 e. The Kier molecular flexibility index (Phi) is 6.80. The zero-order chi connectivity index (χ0) is 23.6. The van der Waals surface area contributed by atoms with Crippen molar-refractivity contribution in [1.82, 2.24) is 9.21 Å². The number of benzene rings is 2. The van der Waals surface area contributed by atoms with E-state index >= 15 is 0 Å². The van der Waals surface area contributed by atoms with Crippen molar-refractivity contribution in [3.8, 4) is 0 Å². The van der Waals surface area contributed by atoms with Crippen molar-refractivity contribution in [2.45, 2.75) is 39.0 Å². The molecule has 3 amide bonds. The lowest BCUT2D eigenvalue weighted by atomic mass is 10.1. The molecule has 0 bridgehead atoms. The van der Waals surface area contributed by atoms with E-state index < -0.39 is 27.7 Å². The molecule has 32 heavy (non-hydrogen) atoms. The van der Waals surface area contributed by atoms with Gasteiger partial charge >= 0.3 is 0 Å². The molecule has 0 aliphatic carbocycles. The number of hydrogen-bond acceptors (Lipinski definition) is 5. The van der Waals surface area contributed by atoms with Crippen LogP contribution in [-0.4, -0.2) is 55.0 Å². The minimum atomic E-state index is -3.68. The van der Waals surface area contributed by atoms with Gasteiger partial charge in [-0.1, -0.05) is 26.0 Å². The van der Waals surface area contributed by atoms with Crippen LogP contribution in [0.25, 0.3) is 0 Å². The molecule has 1 aliphatic heterocycles. The third-order valence-corrected chi connectivity index (χ3v) is 7.73. The van der Waals surface area contributed by atoms with E-state index in [9.17, 15) is 22.8 Å². The number of hydrogen-bond donors (Lipinski definition) is 1. The average Bonchev–Trinajstić information content (AvgIpc) is 3.00. The topological polar surface area (TPSA) is 104 Å². The van der Waals surface area contributed by atoms with Crippen molar-refractivity contribution in [3.63, 3.8) is 0 Å². The maximum Gasteiger partial charge on any atom is 0.261 e. The summed E-state index contributed by atoms with van der Waals surface area (Å²) in [5.41, 5.74) is 2.53. The molecule has 0 fully saturated rings. The summed E-state index contributed by atoms with van der Waals surface area (Å²) >= 11 is 0. The molecular formula is C23H27N3O5S. The highest BCUT2D eigenvalue weighted by Gasteiger charge is 2.35. The summed E-state index contributed by atoms with van der Waals surface area (Å²) in [6.45, 7) is 7.73. The van der Waals surface area contributed by atoms with E-state index in [0.29, 0.717) is 29.9 Å². The standard InChI is InChI=1S/C23H27N3O5S/c1-5-25(6-2)32(30,31)17-13-15(3)16(4)20(14-17)24-21(27)11-12-26-22(28)18-9-7-8-10-19(18)23(26)29/h7-10,13-14H,5-6,11-12H2,1-4H3,(H,24,27). The molecule has 0 radical (unpaired) electrons. The molecule has 1 heterocycles. The molecular weight excluding hydrogens is 430 g/mol. The molecule has 0 atom stereocenters. The molecule has 170 valence electrons. The second-order valence-electron chi connectivity index (χ2n) is 7.61. The van der Waals surface area contributed by atoms with Crippen LogP contribution in [0.4, 0.5) is 5.69 Å². The van der Waals surface area contributed by atoms with Crippen molar-refractivity contribution in [3.05, 3.63) is 58.7 Å². The van der Waals surface area contributed by atoms with E-state index in [1.54, 1.807) is 58.0 Å². The Bertz CT molecular complexity index is 1150. The Morgan fingerprint density at radius 3 is 2.09 bits per heavy atom. The highest BCUT2D eigenvalue weighted by atomic mass is 32.2. The van der Waals surface area contributed by atoms with Crippen molar-refractivity contribution < 1.29 is 22.8 Å². The van der Waals surface area contributed by atoms with Gasteiger partial charge in [-0.15, -0.1) is 0 Å². The SMILES string of the molecule is CCN(CC)S(=O)(=O)c1cc(C)c(C)c(NC(=O)CCN2C(=O)c3ccccc3C2=O)c1. The fourth-order valence-corrected chi connectivity index (χ4v) is 5.26. The first kappa shape index (κ1) is 23.6. The van der Waals surface area contributed by atoms with Gasteiger partial charge in [-0.2, -0.15) is 4.31 Å². The predicted octanol–water partition coefficient (Wildman–Crippen LogP) is 2.96. The van der Waals surface area contributed by atoms with Crippen LogP contribution in [0.1, 0.15) is 52.1 Å². The van der Waals surface area contributed by atoms with Crippen LogP contribution in [0.15, 0.2) is 41.3 Å². The number of aryl methyl sites for hydroxylation is 1. The van der Waals surface area contributed by atoms with E-state index in [4.69, 9.17) is 0 Å². The molecule has 3 rings (SSSR count). The lowest BCUT2D eigenvalue weighted by molar-refractivity contribution is -0.116. The fourth-order valence-electron chi connectivity index (χ4n) is 3.69. The van der Waals surface area contributed by atoms with Crippen molar-refractivity contribution in [1.29, 1.82) is 0 Å². The van der Waals surface area contributed by atoms with Crippen LogP contribution in [0, 0.1) is 13.8 Å². The van der Waals surface area contributed by atoms with Crippen LogP contribution < -0.4 is 5.32 Å². The second-order valence-corrected chi connectivity index (χ2v) is 9.55. The number of sulfonamides is 1. The number of carbonyl (C=O) groups is 3. The maximum atomic E-state index is 12.9. The zero-order valence-electron chi connectivity index (χ0n) is 18.6. The Hall–Kier alpha value is -3.04. The zero-order valence-corrected chi connectivity index (χ0v) is 19.5. The minimum Gasteiger partial charge on any atom is -0.326 e. The van der Waals surface area contributed by atoms with Gasteiger partial charge in [0, 0.05) is 31.7 Å². The summed E-state index contributed by atoms with van der Waals surface area (Å²) in [5, 5.41) is 2.74. The number of fused-ring (bicyclic) bond motifs is 1. The van der Waals surface area contributed by atoms with Crippen LogP contribution in [0.2, 0.25) is 0 Å². The fraction of sp³-hybridized carbons (Fsp3) is 0.348. The highest BCUT2D eigenvalue weighted by molar-refractivity contribution is 7.89. The van der Waals surface area contributed by atoms with E-state index in [2.05, 4.69) is 5.32 Å². The van der Waals surface area contributed by atoms with E-state index in [0.717, 1.165) is 16.0 Å². The monoisotopic (exact) mass is 457 g/mol. The van der Waals surface area contributed by atoms with Crippen molar-refractivity contribution in [2.75, 3.05) is 25.0 Å². The number of nitrogens with one attached hydrogen (secondary N) is 1. The molecule has 1 aliphatic rings. The first-order chi connectivity index (χ1) is 15.1. The van der Waals surface area contributed by atoms with Gasteiger partial charge in [-0.3, -0.25) is 19.3 Å². The summed E-state index contributed by atoms with van der Waals surface area (Å²) in [4.78, 5) is 38.7. The molecule has 1 N–H and O–H groups in total.